The third-order valence-electron chi connectivity index (χ3n) is 4.43. The smallest absolute Gasteiger partial charge is 0.292 e. The highest BCUT2D eigenvalue weighted by Gasteiger charge is 2.21. The first kappa shape index (κ1) is 18.2. The van der Waals surface area contributed by atoms with Gasteiger partial charge in [0.1, 0.15) is 5.02 Å². The first-order valence-electron chi connectivity index (χ1n) is 8.14. The van der Waals surface area contributed by atoms with Gasteiger partial charge in [-0.1, -0.05) is 29.3 Å². The third-order valence-corrected chi connectivity index (χ3v) is 5.19. The van der Waals surface area contributed by atoms with Crippen LogP contribution in [0.25, 0.3) is 5.69 Å². The molecule has 0 spiro atoms. The van der Waals surface area contributed by atoms with E-state index >= 15 is 0 Å². The van der Waals surface area contributed by atoms with Crippen molar-refractivity contribution in [2.75, 3.05) is 44.2 Å². The normalized spacial score (nSPS) is 15.6. The fraction of sp³-hybridized carbons (Fsp3) is 0.412. The molecule has 1 aromatic heterocycles. The molecule has 0 unspecified atom stereocenters. The van der Waals surface area contributed by atoms with Crippen molar-refractivity contribution in [1.82, 2.24) is 14.7 Å². The van der Waals surface area contributed by atoms with Crippen molar-refractivity contribution in [3.8, 4) is 5.69 Å². The Balaban J connectivity index is 1.86. The molecule has 6 nitrogen and oxygen atoms in total. The fourth-order valence-corrected chi connectivity index (χ4v) is 3.32. The average molecular weight is 383 g/mol. The number of aromatic nitrogens is 2. The maximum absolute atomic E-state index is 12.7. The number of β-amino-alcohol motifs (C(OH)–C–C–N with tert-alkyl or cyclic N) is 1. The molecule has 0 amide bonds. The summed E-state index contributed by atoms with van der Waals surface area (Å²) in [5, 5.41) is 14.0. The minimum absolute atomic E-state index is 0.150. The molecule has 0 saturated carbocycles. The predicted molar refractivity (Wildman–Crippen MR) is 100 cm³/mol. The third kappa shape index (κ3) is 3.82. The molecule has 1 fully saturated rings. The van der Waals surface area contributed by atoms with E-state index in [4.69, 9.17) is 28.3 Å². The van der Waals surface area contributed by atoms with E-state index in [1.165, 1.54) is 4.68 Å². The lowest BCUT2D eigenvalue weighted by Crippen LogP contribution is -2.47. The lowest BCUT2D eigenvalue weighted by molar-refractivity contribution is 0.188. The summed E-state index contributed by atoms with van der Waals surface area (Å²) in [6, 6.07) is 5.34. The van der Waals surface area contributed by atoms with Crippen molar-refractivity contribution >= 4 is 28.9 Å². The van der Waals surface area contributed by atoms with Gasteiger partial charge >= 0.3 is 0 Å². The van der Waals surface area contributed by atoms with Crippen molar-refractivity contribution in [3.05, 3.63) is 50.4 Å². The van der Waals surface area contributed by atoms with Crippen molar-refractivity contribution < 1.29 is 5.11 Å². The summed E-state index contributed by atoms with van der Waals surface area (Å²) in [6.07, 6.45) is 1.62. The topological polar surface area (TPSA) is 61.6 Å². The molecule has 0 aliphatic carbocycles. The Labute approximate surface area is 156 Å². The van der Waals surface area contributed by atoms with Gasteiger partial charge in [0.2, 0.25) is 0 Å². The summed E-state index contributed by atoms with van der Waals surface area (Å²) >= 11 is 12.5. The Morgan fingerprint density at radius 2 is 1.92 bits per heavy atom. The summed E-state index contributed by atoms with van der Waals surface area (Å²) in [4.78, 5) is 16.9. The molecule has 1 aromatic carbocycles. The molecular formula is C17H20Cl2N4O2. The number of nitrogens with zero attached hydrogens (tertiary/aromatic N) is 4. The summed E-state index contributed by atoms with van der Waals surface area (Å²) in [6.45, 7) is 5.81. The highest BCUT2D eigenvalue weighted by Crippen LogP contribution is 2.24. The molecule has 0 atom stereocenters. The van der Waals surface area contributed by atoms with Crippen LogP contribution in [-0.4, -0.2) is 59.1 Å². The van der Waals surface area contributed by atoms with E-state index in [1.807, 2.05) is 13.0 Å². The Morgan fingerprint density at radius 1 is 1.20 bits per heavy atom. The number of hydrogen-bond acceptors (Lipinski definition) is 5. The van der Waals surface area contributed by atoms with Crippen molar-refractivity contribution in [2.45, 2.75) is 6.92 Å². The van der Waals surface area contributed by atoms with E-state index in [0.29, 0.717) is 22.9 Å². The minimum atomic E-state index is -0.364. The molecule has 134 valence electrons. The molecule has 0 bridgehead atoms. The summed E-state index contributed by atoms with van der Waals surface area (Å²) in [5.41, 5.74) is 1.80. The molecule has 1 N–H and O–H groups in total. The monoisotopic (exact) mass is 382 g/mol. The number of piperazine rings is 1. The van der Waals surface area contributed by atoms with Crippen LogP contribution in [0.15, 0.2) is 29.2 Å². The number of hydrogen-bond donors (Lipinski definition) is 1. The van der Waals surface area contributed by atoms with Crippen LogP contribution in [0.3, 0.4) is 0 Å². The number of aryl methyl sites for hydroxylation is 1. The van der Waals surface area contributed by atoms with Crippen molar-refractivity contribution in [2.24, 2.45) is 0 Å². The number of rotatable bonds is 4. The molecule has 3 rings (SSSR count). The zero-order valence-electron chi connectivity index (χ0n) is 14.0. The van der Waals surface area contributed by atoms with Gasteiger partial charge in [-0.2, -0.15) is 9.78 Å². The Bertz CT molecular complexity index is 817. The minimum Gasteiger partial charge on any atom is -0.395 e. The Morgan fingerprint density at radius 3 is 2.56 bits per heavy atom. The first-order chi connectivity index (χ1) is 12.0. The number of aliphatic hydroxyl groups is 1. The van der Waals surface area contributed by atoms with Gasteiger partial charge in [0.15, 0.2) is 0 Å². The second-order valence-electron chi connectivity index (χ2n) is 6.05. The quantitative estimate of drug-likeness (QED) is 0.875. The van der Waals surface area contributed by atoms with Gasteiger partial charge in [-0.05, 0) is 24.6 Å². The van der Waals surface area contributed by atoms with E-state index in [2.05, 4.69) is 14.9 Å². The summed E-state index contributed by atoms with van der Waals surface area (Å²) in [5.74, 6) is 0. The lowest BCUT2D eigenvalue weighted by atomic mass is 10.2. The van der Waals surface area contributed by atoms with E-state index in [1.54, 1.807) is 18.3 Å². The van der Waals surface area contributed by atoms with Gasteiger partial charge < -0.3 is 10.0 Å². The zero-order valence-corrected chi connectivity index (χ0v) is 15.5. The van der Waals surface area contributed by atoms with Crippen LogP contribution >= 0.6 is 23.2 Å². The molecule has 8 heteroatoms. The van der Waals surface area contributed by atoms with Gasteiger partial charge in [-0.25, -0.2) is 0 Å². The van der Waals surface area contributed by atoms with Crippen LogP contribution in [0.4, 0.5) is 5.69 Å². The molecule has 1 aliphatic rings. The number of anilines is 1. The van der Waals surface area contributed by atoms with Crippen LogP contribution in [-0.2, 0) is 0 Å². The molecule has 0 radical (unpaired) electrons. The summed E-state index contributed by atoms with van der Waals surface area (Å²) in [7, 11) is 0. The SMILES string of the molecule is Cc1ccc(-n2ncc(N3CCN(CCO)CC3)c(Cl)c2=O)cc1Cl. The van der Waals surface area contributed by atoms with E-state index in [9.17, 15) is 4.79 Å². The van der Waals surface area contributed by atoms with E-state index in [-0.39, 0.29) is 17.2 Å². The molecule has 2 heterocycles. The van der Waals surface area contributed by atoms with Crippen LogP contribution in [0.5, 0.6) is 0 Å². The fourth-order valence-electron chi connectivity index (χ4n) is 2.90. The van der Waals surface area contributed by atoms with E-state index in [0.717, 1.165) is 31.7 Å². The average Bonchev–Trinajstić information content (AvgIpc) is 2.61. The molecule has 1 saturated heterocycles. The molecular weight excluding hydrogens is 363 g/mol. The van der Waals surface area contributed by atoms with E-state index < -0.39 is 0 Å². The largest absolute Gasteiger partial charge is 0.395 e. The van der Waals surface area contributed by atoms with Crippen molar-refractivity contribution in [3.63, 3.8) is 0 Å². The van der Waals surface area contributed by atoms with Crippen LogP contribution in [0.1, 0.15) is 5.56 Å². The lowest BCUT2D eigenvalue weighted by Gasteiger charge is -2.35. The maximum atomic E-state index is 12.7. The van der Waals surface area contributed by atoms with Gasteiger partial charge in [-0.3, -0.25) is 9.69 Å². The predicted octanol–water partition coefficient (Wildman–Crippen LogP) is 1.96. The highest BCUT2D eigenvalue weighted by atomic mass is 35.5. The van der Waals surface area contributed by atoms with Crippen LogP contribution in [0.2, 0.25) is 10.0 Å². The van der Waals surface area contributed by atoms with Gasteiger partial charge in [0.25, 0.3) is 5.56 Å². The first-order valence-corrected chi connectivity index (χ1v) is 8.89. The molecule has 25 heavy (non-hydrogen) atoms. The molecule has 1 aliphatic heterocycles. The molecule has 2 aromatic rings. The second kappa shape index (κ2) is 7.74. The Hall–Kier alpha value is -1.60. The second-order valence-corrected chi connectivity index (χ2v) is 6.83. The van der Waals surface area contributed by atoms with Crippen LogP contribution < -0.4 is 10.5 Å². The Kier molecular flexibility index (Phi) is 5.64. The zero-order chi connectivity index (χ0) is 18.0. The maximum Gasteiger partial charge on any atom is 0.292 e. The van der Waals surface area contributed by atoms with Gasteiger partial charge in [0.05, 0.1) is 24.2 Å². The summed E-state index contributed by atoms with van der Waals surface area (Å²) < 4.78 is 1.26. The van der Waals surface area contributed by atoms with Gasteiger partial charge in [-0.15, -0.1) is 0 Å². The van der Waals surface area contributed by atoms with Crippen molar-refractivity contribution in [1.29, 1.82) is 0 Å². The number of halogens is 2. The highest BCUT2D eigenvalue weighted by molar-refractivity contribution is 6.33. The standard InChI is InChI=1S/C17H20Cl2N4O2/c1-12-2-3-13(10-14(12)18)23-17(25)16(19)15(11-20-23)22-6-4-21(5-7-22)8-9-24/h2-3,10-11,24H,4-9H2,1H3. The number of aliphatic hydroxyl groups excluding tert-OH is 1. The van der Waals surface area contributed by atoms with Gasteiger partial charge in [0, 0.05) is 37.7 Å². The van der Waals surface area contributed by atoms with Crippen LogP contribution in [0, 0.1) is 6.92 Å². The number of benzene rings is 1.